The molecular weight excluding hydrogens is 314 g/mol. The van der Waals surface area contributed by atoms with Crippen LogP contribution < -0.4 is 10.6 Å². The molecule has 2 N–H and O–H groups in total. The first kappa shape index (κ1) is 14.6. The van der Waals surface area contributed by atoms with Gasteiger partial charge in [0.15, 0.2) is 11.6 Å². The molecule has 0 spiro atoms. The molecule has 6 heteroatoms. The molecular formula is C19H19N5O. The van der Waals surface area contributed by atoms with Crippen LogP contribution in [0.25, 0.3) is 21.8 Å². The highest BCUT2D eigenvalue weighted by Gasteiger charge is 2.25. The molecule has 0 amide bonds. The maximum atomic E-state index is 11.7. The molecule has 2 aliphatic rings. The summed E-state index contributed by atoms with van der Waals surface area (Å²) in [7, 11) is 0. The highest BCUT2D eigenvalue weighted by Crippen LogP contribution is 2.33. The van der Waals surface area contributed by atoms with Crippen LogP contribution in [0.4, 0.5) is 11.8 Å². The Balaban J connectivity index is 1.71. The highest BCUT2D eigenvalue weighted by atomic mass is 16.1. The van der Waals surface area contributed by atoms with Crippen molar-refractivity contribution in [2.75, 3.05) is 10.6 Å². The van der Waals surface area contributed by atoms with Gasteiger partial charge in [0, 0.05) is 34.6 Å². The number of fused-ring (bicyclic) bond motifs is 3. The summed E-state index contributed by atoms with van der Waals surface area (Å²) in [5.74, 6) is 1.49. The Morgan fingerprint density at radius 3 is 2.52 bits per heavy atom. The van der Waals surface area contributed by atoms with Crippen molar-refractivity contribution in [3.8, 4) is 0 Å². The molecule has 0 unspecified atom stereocenters. The standard InChI is InChI=1S/C19H19N5O/c1-10(25)11-2-7-14-15-9-20-19(22-13-5-6-13)24-17(15)18(21-12-3-4-12)23-16(14)8-11/h2,7-9,12-13H,3-6H2,1H3,(H,21,23)(H,20,22,24). The van der Waals surface area contributed by atoms with Crippen molar-refractivity contribution in [1.82, 2.24) is 15.0 Å². The number of pyridine rings is 1. The average Bonchev–Trinajstić information content (AvgIpc) is 3.51. The van der Waals surface area contributed by atoms with Gasteiger partial charge in [-0.05, 0) is 38.7 Å². The van der Waals surface area contributed by atoms with Gasteiger partial charge in [0.05, 0.1) is 5.52 Å². The molecule has 0 radical (unpaired) electrons. The Morgan fingerprint density at radius 2 is 1.80 bits per heavy atom. The van der Waals surface area contributed by atoms with Crippen molar-refractivity contribution in [2.45, 2.75) is 44.7 Å². The van der Waals surface area contributed by atoms with Gasteiger partial charge >= 0.3 is 0 Å². The molecule has 2 saturated carbocycles. The second-order valence-electron chi connectivity index (χ2n) is 7.04. The van der Waals surface area contributed by atoms with Gasteiger partial charge < -0.3 is 10.6 Å². The molecule has 25 heavy (non-hydrogen) atoms. The molecule has 2 fully saturated rings. The molecule has 1 aromatic carbocycles. The van der Waals surface area contributed by atoms with Crippen molar-refractivity contribution in [3.63, 3.8) is 0 Å². The molecule has 3 aromatic rings. The van der Waals surface area contributed by atoms with Crippen molar-refractivity contribution in [1.29, 1.82) is 0 Å². The number of ketones is 1. The number of anilines is 2. The quantitative estimate of drug-likeness (QED) is 0.549. The largest absolute Gasteiger partial charge is 0.366 e. The first-order valence-electron chi connectivity index (χ1n) is 8.82. The fourth-order valence-electron chi connectivity index (χ4n) is 3.01. The van der Waals surface area contributed by atoms with Crippen LogP contribution in [0.1, 0.15) is 43.0 Å². The molecule has 0 aliphatic heterocycles. The second kappa shape index (κ2) is 5.37. The van der Waals surface area contributed by atoms with E-state index >= 15 is 0 Å². The number of hydrogen-bond donors (Lipinski definition) is 2. The molecule has 6 nitrogen and oxygen atoms in total. The first-order valence-corrected chi connectivity index (χ1v) is 8.82. The number of benzene rings is 1. The molecule has 126 valence electrons. The molecule has 0 saturated heterocycles. The monoisotopic (exact) mass is 333 g/mol. The molecule has 0 bridgehead atoms. The summed E-state index contributed by atoms with van der Waals surface area (Å²) in [6.07, 6.45) is 6.54. The smallest absolute Gasteiger partial charge is 0.223 e. The minimum absolute atomic E-state index is 0.0423. The van der Waals surface area contributed by atoms with Crippen LogP contribution in [0.5, 0.6) is 0 Å². The lowest BCUT2D eigenvalue weighted by molar-refractivity contribution is 0.101. The molecule has 0 atom stereocenters. The number of carbonyl (C=O) groups is 1. The third kappa shape index (κ3) is 2.77. The van der Waals surface area contributed by atoms with Crippen molar-refractivity contribution in [2.24, 2.45) is 0 Å². The number of hydrogen-bond acceptors (Lipinski definition) is 6. The van der Waals surface area contributed by atoms with Crippen LogP contribution >= 0.6 is 0 Å². The van der Waals surface area contributed by atoms with Crippen LogP contribution in [0.2, 0.25) is 0 Å². The highest BCUT2D eigenvalue weighted by molar-refractivity contribution is 6.10. The number of nitrogens with one attached hydrogen (secondary N) is 2. The summed E-state index contributed by atoms with van der Waals surface area (Å²) in [5, 5.41) is 8.77. The van der Waals surface area contributed by atoms with E-state index in [-0.39, 0.29) is 5.78 Å². The normalized spacial score (nSPS) is 17.0. The van der Waals surface area contributed by atoms with E-state index in [2.05, 4.69) is 15.6 Å². The average molecular weight is 333 g/mol. The van der Waals surface area contributed by atoms with Crippen LogP contribution in [0, 0.1) is 0 Å². The third-order valence-electron chi connectivity index (χ3n) is 4.77. The van der Waals surface area contributed by atoms with E-state index in [4.69, 9.17) is 9.97 Å². The van der Waals surface area contributed by atoms with Crippen LogP contribution in [0.15, 0.2) is 24.4 Å². The van der Waals surface area contributed by atoms with Gasteiger partial charge in [-0.25, -0.2) is 15.0 Å². The van der Waals surface area contributed by atoms with E-state index in [9.17, 15) is 4.79 Å². The predicted octanol–water partition coefficient (Wildman–Crippen LogP) is 3.53. The lowest BCUT2D eigenvalue weighted by Crippen LogP contribution is -2.08. The molecule has 2 heterocycles. The van der Waals surface area contributed by atoms with Crippen LogP contribution in [0.3, 0.4) is 0 Å². The van der Waals surface area contributed by atoms with Crippen LogP contribution in [-0.4, -0.2) is 32.8 Å². The Kier molecular flexibility index (Phi) is 3.13. The number of nitrogens with zero attached hydrogens (tertiary/aromatic N) is 3. The third-order valence-corrected chi connectivity index (χ3v) is 4.77. The Bertz CT molecular complexity index is 1010. The first-order chi connectivity index (χ1) is 12.2. The van der Waals surface area contributed by atoms with Gasteiger partial charge in [-0.15, -0.1) is 0 Å². The van der Waals surface area contributed by atoms with Gasteiger partial charge in [0.1, 0.15) is 5.52 Å². The number of aromatic nitrogens is 3. The summed E-state index contributed by atoms with van der Waals surface area (Å²) in [6, 6.07) is 6.62. The summed E-state index contributed by atoms with van der Waals surface area (Å²) < 4.78 is 0. The molecule has 5 rings (SSSR count). The zero-order valence-electron chi connectivity index (χ0n) is 14.0. The summed E-state index contributed by atoms with van der Waals surface area (Å²) >= 11 is 0. The van der Waals surface area contributed by atoms with E-state index in [0.717, 1.165) is 40.5 Å². The van der Waals surface area contributed by atoms with Gasteiger partial charge in [0.2, 0.25) is 5.95 Å². The van der Waals surface area contributed by atoms with Gasteiger partial charge in [-0.1, -0.05) is 12.1 Å². The Labute approximate surface area is 145 Å². The summed E-state index contributed by atoms with van der Waals surface area (Å²) in [6.45, 7) is 1.57. The lowest BCUT2D eigenvalue weighted by atomic mass is 10.1. The fourth-order valence-corrected chi connectivity index (χ4v) is 3.01. The maximum absolute atomic E-state index is 11.7. The zero-order valence-corrected chi connectivity index (χ0v) is 14.0. The van der Waals surface area contributed by atoms with Gasteiger partial charge in [0.25, 0.3) is 0 Å². The van der Waals surface area contributed by atoms with Crippen molar-refractivity contribution >= 4 is 39.4 Å². The van der Waals surface area contributed by atoms with E-state index in [1.807, 2.05) is 24.4 Å². The topological polar surface area (TPSA) is 79.8 Å². The van der Waals surface area contributed by atoms with E-state index < -0.39 is 0 Å². The second-order valence-corrected chi connectivity index (χ2v) is 7.04. The lowest BCUT2D eigenvalue weighted by Gasteiger charge is -2.12. The fraction of sp³-hybridized carbons (Fsp3) is 0.368. The molecule has 2 aromatic heterocycles. The number of Topliss-reactive ketones (excluding diaryl/α,β-unsaturated/α-hetero) is 1. The van der Waals surface area contributed by atoms with Crippen LogP contribution in [-0.2, 0) is 0 Å². The van der Waals surface area contributed by atoms with Crippen molar-refractivity contribution in [3.05, 3.63) is 30.0 Å². The number of rotatable bonds is 5. The minimum Gasteiger partial charge on any atom is -0.366 e. The Morgan fingerprint density at radius 1 is 1.04 bits per heavy atom. The summed E-state index contributed by atoms with van der Waals surface area (Å²) in [5.41, 5.74) is 2.31. The minimum atomic E-state index is 0.0423. The zero-order chi connectivity index (χ0) is 17.0. The maximum Gasteiger partial charge on any atom is 0.223 e. The predicted molar refractivity (Wildman–Crippen MR) is 98.1 cm³/mol. The molecule has 2 aliphatic carbocycles. The Hall–Kier alpha value is -2.76. The van der Waals surface area contributed by atoms with E-state index in [1.54, 1.807) is 6.92 Å². The van der Waals surface area contributed by atoms with Gasteiger partial charge in [-0.2, -0.15) is 0 Å². The number of carbonyl (C=O) groups excluding carboxylic acids is 1. The van der Waals surface area contributed by atoms with Crippen molar-refractivity contribution < 1.29 is 4.79 Å². The van der Waals surface area contributed by atoms with E-state index in [0.29, 0.717) is 23.6 Å². The SMILES string of the molecule is CC(=O)c1ccc2c(c1)nc(NC1CC1)c1nc(NC3CC3)ncc12. The van der Waals surface area contributed by atoms with Gasteiger partial charge in [-0.3, -0.25) is 4.79 Å². The summed E-state index contributed by atoms with van der Waals surface area (Å²) in [4.78, 5) is 25.7. The van der Waals surface area contributed by atoms with E-state index in [1.165, 1.54) is 12.8 Å².